The van der Waals surface area contributed by atoms with Gasteiger partial charge in [0.1, 0.15) is 6.10 Å². The molecule has 0 fully saturated rings. The molecule has 0 heterocycles. The summed E-state index contributed by atoms with van der Waals surface area (Å²) in [5.41, 5.74) is 0. The van der Waals surface area contributed by atoms with Gasteiger partial charge in [0, 0.05) is 6.42 Å². The van der Waals surface area contributed by atoms with Crippen LogP contribution in [0.5, 0.6) is 0 Å². The molecule has 0 spiro atoms. The van der Waals surface area contributed by atoms with Gasteiger partial charge < -0.3 is 20.3 Å². The number of unbranched alkanes of at least 4 members (excludes halogenated alkanes) is 31. The summed E-state index contributed by atoms with van der Waals surface area (Å²) in [6, 6.07) is -0.705. The van der Waals surface area contributed by atoms with Crippen LogP contribution >= 0.6 is 0 Å². The number of aliphatic hydroxyl groups is 2. The van der Waals surface area contributed by atoms with E-state index in [1.165, 1.54) is 148 Å². The molecule has 6 heteroatoms. The third kappa shape index (κ3) is 44.7. The highest BCUT2D eigenvalue weighted by Gasteiger charge is 2.24. The average molecular weight is 872 g/mol. The summed E-state index contributed by atoms with van der Waals surface area (Å²) < 4.78 is 5.94. The second kappa shape index (κ2) is 50.1. The van der Waals surface area contributed by atoms with Gasteiger partial charge in [-0.05, 0) is 57.8 Å². The molecule has 0 bridgehead atoms. The summed E-state index contributed by atoms with van der Waals surface area (Å²) in [5, 5.41) is 23.7. The lowest BCUT2D eigenvalue weighted by molar-refractivity contribution is -0.151. The predicted octanol–water partition coefficient (Wildman–Crippen LogP) is 16.5. The fourth-order valence-electron chi connectivity index (χ4n) is 8.39. The first-order valence-electron chi connectivity index (χ1n) is 27.2. The minimum atomic E-state index is -0.790. The fraction of sp³-hybridized carbons (Fsp3) is 0.857. The van der Waals surface area contributed by atoms with Crippen LogP contribution in [-0.2, 0) is 14.3 Å². The Morgan fingerprint density at radius 1 is 0.484 bits per heavy atom. The molecule has 1 amide bonds. The summed E-state index contributed by atoms with van der Waals surface area (Å²) >= 11 is 0. The molecule has 0 rings (SSSR count). The van der Waals surface area contributed by atoms with E-state index in [1.54, 1.807) is 0 Å². The Morgan fingerprint density at radius 2 is 0.871 bits per heavy atom. The molecule has 0 aliphatic carbocycles. The van der Waals surface area contributed by atoms with Crippen molar-refractivity contribution in [2.75, 3.05) is 6.61 Å². The van der Waals surface area contributed by atoms with E-state index in [9.17, 15) is 19.8 Å². The van der Waals surface area contributed by atoms with Crippen molar-refractivity contribution in [1.82, 2.24) is 5.32 Å². The van der Waals surface area contributed by atoms with E-state index < -0.39 is 18.2 Å². The Morgan fingerprint density at radius 3 is 1.32 bits per heavy atom. The van der Waals surface area contributed by atoms with Crippen molar-refractivity contribution in [3.63, 3.8) is 0 Å². The number of carbonyl (C=O) groups is 2. The lowest BCUT2D eigenvalue weighted by Gasteiger charge is -2.24. The zero-order valence-electron chi connectivity index (χ0n) is 41.5. The molecule has 0 aromatic rings. The number of amides is 1. The van der Waals surface area contributed by atoms with E-state index >= 15 is 0 Å². The van der Waals surface area contributed by atoms with Crippen LogP contribution in [0.4, 0.5) is 0 Å². The number of esters is 1. The van der Waals surface area contributed by atoms with E-state index in [0.717, 1.165) is 89.9 Å². The molecule has 0 aliphatic rings. The molecule has 62 heavy (non-hydrogen) atoms. The monoisotopic (exact) mass is 872 g/mol. The van der Waals surface area contributed by atoms with Gasteiger partial charge in [-0.2, -0.15) is 0 Å². The predicted molar refractivity (Wildman–Crippen MR) is 269 cm³/mol. The van der Waals surface area contributed by atoms with E-state index in [1.807, 2.05) is 0 Å². The van der Waals surface area contributed by atoms with Crippen LogP contribution in [0.3, 0.4) is 0 Å². The zero-order valence-corrected chi connectivity index (χ0v) is 41.5. The highest BCUT2D eigenvalue weighted by Crippen LogP contribution is 2.18. The maximum atomic E-state index is 13.2. The smallest absolute Gasteiger partial charge is 0.306 e. The molecular formula is C56H105NO5. The third-order valence-corrected chi connectivity index (χ3v) is 12.5. The summed E-state index contributed by atoms with van der Waals surface area (Å²) in [5.74, 6) is -0.483. The summed E-state index contributed by atoms with van der Waals surface area (Å²) in [7, 11) is 0. The lowest BCUT2D eigenvalue weighted by Crippen LogP contribution is -2.46. The number of aliphatic hydroxyl groups excluding tert-OH is 2. The molecule has 0 aromatic carbocycles. The summed E-state index contributed by atoms with van der Waals surface area (Å²) in [6.07, 6.45) is 59.3. The van der Waals surface area contributed by atoms with Crippen LogP contribution in [0.15, 0.2) is 36.5 Å². The standard InChI is InChI=1S/C56H105NO5/c1-4-7-10-13-16-19-22-24-26-27-28-29-30-32-34-37-40-43-46-49-56(61)62-52(47-44-41-38-35-33-31-25-23-20-17-14-11-8-5-2)50-55(60)57-53(51-58)54(59)48-45-42-39-36-21-18-15-12-9-6-3/h8,11,17,20,25,31,52-54,58-59H,4-7,9-10,12-16,18-19,21-24,26-30,32-51H2,1-3H3,(H,57,60)/b11-8+,20-17+,31-25+. The van der Waals surface area contributed by atoms with Gasteiger partial charge in [-0.3, -0.25) is 9.59 Å². The maximum absolute atomic E-state index is 13.2. The van der Waals surface area contributed by atoms with Crippen molar-refractivity contribution >= 4 is 11.9 Å². The van der Waals surface area contributed by atoms with Crippen LogP contribution in [0.2, 0.25) is 0 Å². The largest absolute Gasteiger partial charge is 0.462 e. The van der Waals surface area contributed by atoms with Crippen molar-refractivity contribution in [3.05, 3.63) is 36.5 Å². The molecule has 0 saturated carbocycles. The SMILES string of the molecule is CC/C=C/C/C=C/C/C=C/CCCCCCC(CC(=O)NC(CO)C(O)CCCCCCCCCCCC)OC(=O)CCCCCCCCCCCCCCCCCCCCC. The van der Waals surface area contributed by atoms with E-state index in [0.29, 0.717) is 19.3 Å². The highest BCUT2D eigenvalue weighted by atomic mass is 16.5. The average Bonchev–Trinajstić information content (AvgIpc) is 3.26. The third-order valence-electron chi connectivity index (χ3n) is 12.5. The van der Waals surface area contributed by atoms with E-state index in [-0.39, 0.29) is 24.9 Å². The van der Waals surface area contributed by atoms with Crippen molar-refractivity contribution < 1.29 is 24.5 Å². The quantitative estimate of drug-likeness (QED) is 0.0321. The van der Waals surface area contributed by atoms with Gasteiger partial charge in [0.15, 0.2) is 0 Å². The van der Waals surface area contributed by atoms with Gasteiger partial charge in [-0.15, -0.1) is 0 Å². The minimum absolute atomic E-state index is 0.0664. The normalized spacial score (nSPS) is 13.4. The van der Waals surface area contributed by atoms with Gasteiger partial charge >= 0.3 is 5.97 Å². The van der Waals surface area contributed by atoms with Gasteiger partial charge in [0.05, 0.1) is 25.2 Å². The molecule has 6 nitrogen and oxygen atoms in total. The molecule has 3 N–H and O–H groups in total. The first-order valence-corrected chi connectivity index (χ1v) is 27.2. The van der Waals surface area contributed by atoms with E-state index in [2.05, 4.69) is 62.5 Å². The minimum Gasteiger partial charge on any atom is -0.462 e. The summed E-state index contributed by atoms with van der Waals surface area (Å²) in [4.78, 5) is 26.2. The molecule has 364 valence electrons. The van der Waals surface area contributed by atoms with Crippen LogP contribution in [0.25, 0.3) is 0 Å². The van der Waals surface area contributed by atoms with Crippen molar-refractivity contribution in [2.45, 2.75) is 302 Å². The van der Waals surface area contributed by atoms with E-state index in [4.69, 9.17) is 4.74 Å². The highest BCUT2D eigenvalue weighted by molar-refractivity contribution is 5.77. The number of hydrogen-bond acceptors (Lipinski definition) is 5. The fourth-order valence-corrected chi connectivity index (χ4v) is 8.39. The van der Waals surface area contributed by atoms with Crippen LogP contribution in [0.1, 0.15) is 284 Å². The second-order valence-corrected chi connectivity index (χ2v) is 18.6. The van der Waals surface area contributed by atoms with Crippen molar-refractivity contribution in [2.24, 2.45) is 0 Å². The molecular weight excluding hydrogens is 767 g/mol. The number of allylic oxidation sites excluding steroid dienone is 6. The molecule has 0 aliphatic heterocycles. The van der Waals surface area contributed by atoms with Crippen LogP contribution < -0.4 is 5.32 Å². The van der Waals surface area contributed by atoms with Gasteiger partial charge in [0.25, 0.3) is 0 Å². The molecule has 3 atom stereocenters. The Balaban J connectivity index is 4.51. The number of ether oxygens (including phenoxy) is 1. The Hall–Kier alpha value is -1.92. The lowest BCUT2D eigenvalue weighted by atomic mass is 10.0. The van der Waals surface area contributed by atoms with Gasteiger partial charge in [-0.25, -0.2) is 0 Å². The first kappa shape index (κ1) is 60.1. The number of carbonyl (C=O) groups excluding carboxylic acids is 2. The molecule has 0 saturated heterocycles. The Bertz CT molecular complexity index is 1020. The first-order chi connectivity index (χ1) is 30.5. The topological polar surface area (TPSA) is 95.9 Å². The Labute approximate surface area is 385 Å². The number of hydrogen-bond donors (Lipinski definition) is 3. The van der Waals surface area contributed by atoms with Crippen LogP contribution in [-0.4, -0.2) is 46.9 Å². The van der Waals surface area contributed by atoms with Crippen molar-refractivity contribution in [3.8, 4) is 0 Å². The zero-order chi connectivity index (χ0) is 45.2. The van der Waals surface area contributed by atoms with Gasteiger partial charge in [0.2, 0.25) is 5.91 Å². The maximum Gasteiger partial charge on any atom is 0.306 e. The van der Waals surface area contributed by atoms with Crippen molar-refractivity contribution in [1.29, 1.82) is 0 Å². The summed E-state index contributed by atoms with van der Waals surface area (Å²) in [6.45, 7) is 6.38. The Kier molecular flexibility index (Phi) is 48.5. The number of nitrogens with one attached hydrogen (secondary N) is 1. The van der Waals surface area contributed by atoms with Gasteiger partial charge in [-0.1, -0.05) is 250 Å². The van der Waals surface area contributed by atoms with Crippen LogP contribution in [0, 0.1) is 0 Å². The molecule has 3 unspecified atom stereocenters. The molecule has 0 radical (unpaired) electrons. The second-order valence-electron chi connectivity index (χ2n) is 18.6. The number of rotatable bonds is 49. The molecule has 0 aromatic heterocycles.